The Labute approximate surface area is 66.0 Å². The number of carbonyl (C=O) groups is 1. The number of hydrogen-bond acceptors (Lipinski definition) is 2. The van der Waals surface area contributed by atoms with E-state index in [0.717, 1.165) is 0 Å². The SMILES string of the molecule is CC(C)CC(=O)n1cccn1. The third-order valence-corrected chi connectivity index (χ3v) is 1.34. The second-order valence-electron chi connectivity index (χ2n) is 2.94. The molecule has 0 N–H and O–H groups in total. The third kappa shape index (κ3) is 2.18. The molecular weight excluding hydrogens is 140 g/mol. The van der Waals surface area contributed by atoms with E-state index in [-0.39, 0.29) is 5.91 Å². The van der Waals surface area contributed by atoms with E-state index in [1.807, 2.05) is 13.8 Å². The van der Waals surface area contributed by atoms with Crippen molar-refractivity contribution >= 4 is 5.91 Å². The summed E-state index contributed by atoms with van der Waals surface area (Å²) in [5, 5.41) is 3.84. The van der Waals surface area contributed by atoms with Crippen LogP contribution in [-0.2, 0) is 0 Å². The smallest absolute Gasteiger partial charge is 0.247 e. The lowest BCUT2D eigenvalue weighted by molar-refractivity contribution is 0.0870. The molecule has 0 atom stereocenters. The van der Waals surface area contributed by atoms with Crippen molar-refractivity contribution in [2.75, 3.05) is 0 Å². The van der Waals surface area contributed by atoms with Crippen molar-refractivity contribution < 1.29 is 4.79 Å². The Morgan fingerprint density at radius 3 is 2.82 bits per heavy atom. The molecule has 3 nitrogen and oxygen atoms in total. The van der Waals surface area contributed by atoms with E-state index in [1.165, 1.54) is 4.68 Å². The second kappa shape index (κ2) is 3.32. The Bertz CT molecular complexity index is 226. The van der Waals surface area contributed by atoms with Gasteiger partial charge < -0.3 is 0 Å². The highest BCUT2D eigenvalue weighted by atomic mass is 16.2. The zero-order valence-corrected chi connectivity index (χ0v) is 6.82. The van der Waals surface area contributed by atoms with Crippen molar-refractivity contribution in [2.24, 2.45) is 5.92 Å². The molecule has 0 saturated heterocycles. The molecule has 1 aromatic rings. The van der Waals surface area contributed by atoms with Crippen LogP contribution in [0, 0.1) is 5.92 Å². The van der Waals surface area contributed by atoms with Gasteiger partial charge in [-0.05, 0) is 12.0 Å². The topological polar surface area (TPSA) is 34.9 Å². The van der Waals surface area contributed by atoms with Crippen molar-refractivity contribution in [1.82, 2.24) is 9.78 Å². The van der Waals surface area contributed by atoms with Crippen LogP contribution in [0.4, 0.5) is 0 Å². The molecule has 3 heteroatoms. The molecule has 1 heterocycles. The minimum Gasteiger partial charge on any atom is -0.273 e. The molecule has 0 aliphatic heterocycles. The predicted octanol–water partition coefficient (Wildman–Crippen LogP) is 1.57. The highest BCUT2D eigenvalue weighted by Crippen LogP contribution is 2.01. The van der Waals surface area contributed by atoms with E-state index in [0.29, 0.717) is 12.3 Å². The highest BCUT2D eigenvalue weighted by molar-refractivity contribution is 5.77. The average molecular weight is 152 g/mol. The molecule has 11 heavy (non-hydrogen) atoms. The Balaban J connectivity index is 2.57. The van der Waals surface area contributed by atoms with Gasteiger partial charge in [-0.3, -0.25) is 4.79 Å². The Hall–Kier alpha value is -1.12. The summed E-state index contributed by atoms with van der Waals surface area (Å²) in [5.41, 5.74) is 0. The van der Waals surface area contributed by atoms with E-state index in [4.69, 9.17) is 0 Å². The summed E-state index contributed by atoms with van der Waals surface area (Å²) < 4.78 is 1.38. The number of aromatic nitrogens is 2. The molecule has 0 amide bonds. The molecule has 1 rings (SSSR count). The van der Waals surface area contributed by atoms with Crippen LogP contribution in [0.3, 0.4) is 0 Å². The van der Waals surface area contributed by atoms with Gasteiger partial charge in [0.2, 0.25) is 5.91 Å². The monoisotopic (exact) mass is 152 g/mol. The Morgan fingerprint density at radius 2 is 2.36 bits per heavy atom. The standard InChI is InChI=1S/C8H12N2O/c1-7(2)6-8(11)10-5-3-4-9-10/h3-5,7H,6H2,1-2H3. The van der Waals surface area contributed by atoms with Crippen LogP contribution in [0.15, 0.2) is 18.5 Å². The van der Waals surface area contributed by atoms with Crippen LogP contribution < -0.4 is 0 Å². The third-order valence-electron chi connectivity index (χ3n) is 1.34. The van der Waals surface area contributed by atoms with E-state index < -0.39 is 0 Å². The van der Waals surface area contributed by atoms with E-state index >= 15 is 0 Å². The lowest BCUT2D eigenvalue weighted by Gasteiger charge is -2.01. The summed E-state index contributed by atoms with van der Waals surface area (Å²) >= 11 is 0. The van der Waals surface area contributed by atoms with Crippen molar-refractivity contribution in [3.8, 4) is 0 Å². The first-order valence-corrected chi connectivity index (χ1v) is 3.73. The van der Waals surface area contributed by atoms with Crippen molar-refractivity contribution in [3.63, 3.8) is 0 Å². The van der Waals surface area contributed by atoms with Gasteiger partial charge in [-0.2, -0.15) is 5.10 Å². The maximum atomic E-state index is 11.2. The molecule has 60 valence electrons. The lowest BCUT2D eigenvalue weighted by atomic mass is 10.1. The van der Waals surface area contributed by atoms with Crippen molar-refractivity contribution in [1.29, 1.82) is 0 Å². The number of hydrogen-bond donors (Lipinski definition) is 0. The second-order valence-corrected chi connectivity index (χ2v) is 2.94. The van der Waals surface area contributed by atoms with Gasteiger partial charge in [0.15, 0.2) is 0 Å². The van der Waals surface area contributed by atoms with Crippen LogP contribution in [0.2, 0.25) is 0 Å². The molecule has 0 aromatic carbocycles. The maximum Gasteiger partial charge on any atom is 0.247 e. The molecule has 0 aliphatic rings. The van der Waals surface area contributed by atoms with E-state index in [2.05, 4.69) is 5.10 Å². The van der Waals surface area contributed by atoms with Crippen molar-refractivity contribution in [2.45, 2.75) is 20.3 Å². The number of nitrogens with zero attached hydrogens (tertiary/aromatic N) is 2. The first kappa shape index (κ1) is 7.98. The average Bonchev–Trinajstić information content (AvgIpc) is 2.35. The summed E-state index contributed by atoms with van der Waals surface area (Å²) in [6.07, 6.45) is 3.84. The number of carbonyl (C=O) groups excluding carboxylic acids is 1. The van der Waals surface area contributed by atoms with Gasteiger partial charge in [0.05, 0.1) is 0 Å². The Morgan fingerprint density at radius 1 is 1.64 bits per heavy atom. The first-order valence-electron chi connectivity index (χ1n) is 3.73. The van der Waals surface area contributed by atoms with Gasteiger partial charge in [-0.1, -0.05) is 13.8 Å². The normalized spacial score (nSPS) is 10.5. The van der Waals surface area contributed by atoms with Crippen LogP contribution in [0.25, 0.3) is 0 Å². The van der Waals surface area contributed by atoms with Gasteiger partial charge in [-0.25, -0.2) is 4.68 Å². The quantitative estimate of drug-likeness (QED) is 0.644. The van der Waals surface area contributed by atoms with Gasteiger partial charge in [0.1, 0.15) is 0 Å². The van der Waals surface area contributed by atoms with Crippen LogP contribution >= 0.6 is 0 Å². The van der Waals surface area contributed by atoms with Gasteiger partial charge in [0.25, 0.3) is 0 Å². The maximum absolute atomic E-state index is 11.2. The van der Waals surface area contributed by atoms with E-state index in [1.54, 1.807) is 18.5 Å². The molecule has 0 radical (unpaired) electrons. The summed E-state index contributed by atoms with van der Waals surface area (Å²) in [5.74, 6) is 0.455. The number of rotatable bonds is 2. The molecule has 1 aromatic heterocycles. The van der Waals surface area contributed by atoms with Crippen molar-refractivity contribution in [3.05, 3.63) is 18.5 Å². The Kier molecular flexibility index (Phi) is 2.41. The minimum atomic E-state index is 0.0602. The summed E-state index contributed by atoms with van der Waals surface area (Å²) in [6.45, 7) is 4.03. The fourth-order valence-corrected chi connectivity index (χ4v) is 0.859. The van der Waals surface area contributed by atoms with E-state index in [9.17, 15) is 4.79 Å². The van der Waals surface area contributed by atoms with Gasteiger partial charge in [0, 0.05) is 18.8 Å². The first-order chi connectivity index (χ1) is 5.20. The summed E-state index contributed by atoms with van der Waals surface area (Å²) in [4.78, 5) is 11.2. The van der Waals surface area contributed by atoms with Crippen LogP contribution in [-0.4, -0.2) is 15.7 Å². The molecule has 0 saturated carbocycles. The molecular formula is C8H12N2O. The highest BCUT2D eigenvalue weighted by Gasteiger charge is 2.05. The summed E-state index contributed by atoms with van der Waals surface area (Å²) in [7, 11) is 0. The van der Waals surface area contributed by atoms with Gasteiger partial charge >= 0.3 is 0 Å². The molecule has 0 aliphatic carbocycles. The van der Waals surface area contributed by atoms with Gasteiger partial charge in [-0.15, -0.1) is 0 Å². The lowest BCUT2D eigenvalue weighted by Crippen LogP contribution is -2.13. The minimum absolute atomic E-state index is 0.0602. The zero-order chi connectivity index (χ0) is 8.27. The largest absolute Gasteiger partial charge is 0.273 e. The predicted molar refractivity (Wildman–Crippen MR) is 42.3 cm³/mol. The zero-order valence-electron chi connectivity index (χ0n) is 6.82. The molecule has 0 fully saturated rings. The molecule has 0 unspecified atom stereocenters. The fraction of sp³-hybridized carbons (Fsp3) is 0.500. The van der Waals surface area contributed by atoms with Crippen LogP contribution in [0.1, 0.15) is 25.1 Å². The van der Waals surface area contributed by atoms with Crippen LogP contribution in [0.5, 0.6) is 0 Å². The molecule has 0 bridgehead atoms. The molecule has 0 spiro atoms. The summed E-state index contributed by atoms with van der Waals surface area (Å²) in [6, 6.07) is 1.75. The fourth-order valence-electron chi connectivity index (χ4n) is 0.859.